The fourth-order valence-corrected chi connectivity index (χ4v) is 5.55. The van der Waals surface area contributed by atoms with E-state index in [1.807, 2.05) is 78.5 Å². The van der Waals surface area contributed by atoms with Crippen molar-refractivity contribution >= 4 is 40.3 Å². The van der Waals surface area contributed by atoms with Crippen molar-refractivity contribution in [2.75, 3.05) is 13.2 Å². The van der Waals surface area contributed by atoms with Gasteiger partial charge in [-0.3, -0.25) is 9.69 Å². The highest BCUT2D eigenvalue weighted by atomic mass is 32.2. The highest BCUT2D eigenvalue weighted by Gasteiger charge is 2.33. The van der Waals surface area contributed by atoms with Gasteiger partial charge in [-0.25, -0.2) is 4.68 Å². The van der Waals surface area contributed by atoms with Crippen molar-refractivity contribution in [1.82, 2.24) is 14.7 Å². The molecule has 4 rings (SSSR count). The molecule has 36 heavy (non-hydrogen) atoms. The Bertz CT molecular complexity index is 1220. The SMILES string of the molecule is CCCCC(CC)CN1C(=O)C(=Cc2cn(-c3ccccc3)nc2-c2ccc(OCC)cc2)SC1=S. The number of hydrogen-bond acceptors (Lipinski definition) is 5. The Morgan fingerprint density at radius 2 is 1.83 bits per heavy atom. The summed E-state index contributed by atoms with van der Waals surface area (Å²) in [6.07, 6.45) is 8.41. The van der Waals surface area contributed by atoms with E-state index in [0.29, 0.717) is 28.3 Å². The number of carbonyl (C=O) groups is 1. The number of rotatable bonds is 11. The quantitative estimate of drug-likeness (QED) is 0.196. The second kappa shape index (κ2) is 12.4. The number of para-hydroxylation sites is 1. The first-order valence-corrected chi connectivity index (χ1v) is 13.9. The van der Waals surface area contributed by atoms with Gasteiger partial charge in [-0.2, -0.15) is 5.10 Å². The van der Waals surface area contributed by atoms with Gasteiger partial charge < -0.3 is 4.74 Å². The van der Waals surface area contributed by atoms with Crippen LogP contribution >= 0.6 is 24.0 Å². The standard InChI is InChI=1S/C29H33N3O2S2/c1-4-7-11-21(5-2)19-31-28(33)26(36-29(31)35)18-23-20-32(24-12-9-8-10-13-24)30-27(23)22-14-16-25(17-15-22)34-6-3/h8-10,12-18,20-21H,4-7,11,19H2,1-3H3. The van der Waals surface area contributed by atoms with Crippen LogP contribution in [0.25, 0.3) is 23.0 Å². The van der Waals surface area contributed by atoms with E-state index in [2.05, 4.69) is 13.8 Å². The molecule has 0 saturated carbocycles. The summed E-state index contributed by atoms with van der Waals surface area (Å²) in [4.78, 5) is 15.8. The van der Waals surface area contributed by atoms with Gasteiger partial charge in [0.1, 0.15) is 10.1 Å². The van der Waals surface area contributed by atoms with Crippen molar-refractivity contribution < 1.29 is 9.53 Å². The normalized spacial score (nSPS) is 15.6. The number of unbranched alkanes of at least 4 members (excludes halogenated alkanes) is 1. The van der Waals surface area contributed by atoms with E-state index in [4.69, 9.17) is 22.1 Å². The summed E-state index contributed by atoms with van der Waals surface area (Å²) in [7, 11) is 0. The molecular formula is C29H33N3O2S2. The van der Waals surface area contributed by atoms with Crippen molar-refractivity contribution in [3.8, 4) is 22.7 Å². The fraction of sp³-hybridized carbons (Fsp3) is 0.345. The van der Waals surface area contributed by atoms with E-state index in [-0.39, 0.29) is 5.91 Å². The van der Waals surface area contributed by atoms with Crippen LogP contribution in [0.4, 0.5) is 0 Å². The van der Waals surface area contributed by atoms with Crippen LogP contribution in [0.5, 0.6) is 5.75 Å². The molecule has 3 aromatic rings. The predicted octanol–water partition coefficient (Wildman–Crippen LogP) is 7.36. The van der Waals surface area contributed by atoms with Gasteiger partial charge in [-0.05, 0) is 61.7 Å². The summed E-state index contributed by atoms with van der Waals surface area (Å²) >= 11 is 7.01. The van der Waals surface area contributed by atoms with Crippen molar-refractivity contribution in [3.63, 3.8) is 0 Å². The maximum Gasteiger partial charge on any atom is 0.266 e. The van der Waals surface area contributed by atoms with E-state index in [9.17, 15) is 4.79 Å². The van der Waals surface area contributed by atoms with Gasteiger partial charge in [0.2, 0.25) is 0 Å². The van der Waals surface area contributed by atoms with Crippen LogP contribution < -0.4 is 4.74 Å². The minimum Gasteiger partial charge on any atom is -0.494 e. The van der Waals surface area contributed by atoms with Crippen molar-refractivity contribution in [2.45, 2.75) is 46.5 Å². The number of aromatic nitrogens is 2. The predicted molar refractivity (Wildman–Crippen MR) is 153 cm³/mol. The maximum absolute atomic E-state index is 13.4. The van der Waals surface area contributed by atoms with Crippen molar-refractivity contribution in [3.05, 3.63) is 71.3 Å². The molecule has 1 aliphatic rings. The second-order valence-corrected chi connectivity index (χ2v) is 10.6. The summed E-state index contributed by atoms with van der Waals surface area (Å²) in [6, 6.07) is 17.9. The average Bonchev–Trinajstić information content (AvgIpc) is 3.44. The molecule has 2 aromatic carbocycles. The minimum absolute atomic E-state index is 0.00921. The van der Waals surface area contributed by atoms with Gasteiger partial charge in [0.05, 0.1) is 22.9 Å². The van der Waals surface area contributed by atoms with E-state index in [1.54, 1.807) is 4.90 Å². The molecule has 7 heteroatoms. The number of nitrogens with zero attached hydrogens (tertiary/aromatic N) is 3. The second-order valence-electron chi connectivity index (χ2n) is 8.88. The number of carbonyl (C=O) groups excluding carboxylic acids is 1. The van der Waals surface area contributed by atoms with Crippen LogP contribution in [-0.4, -0.2) is 38.1 Å². The molecule has 5 nitrogen and oxygen atoms in total. The van der Waals surface area contributed by atoms with Gasteiger partial charge in [0, 0.05) is 23.9 Å². The third-order valence-electron chi connectivity index (χ3n) is 6.35. The Kier molecular flexibility index (Phi) is 8.99. The molecule has 188 valence electrons. The summed E-state index contributed by atoms with van der Waals surface area (Å²) in [6.45, 7) is 7.66. The number of amides is 1. The smallest absolute Gasteiger partial charge is 0.266 e. The lowest BCUT2D eigenvalue weighted by Crippen LogP contribution is -2.33. The van der Waals surface area contributed by atoms with Crippen LogP contribution in [-0.2, 0) is 4.79 Å². The zero-order chi connectivity index (χ0) is 25.5. The molecule has 1 saturated heterocycles. The monoisotopic (exact) mass is 519 g/mol. The van der Waals surface area contributed by atoms with Crippen molar-refractivity contribution in [2.24, 2.45) is 5.92 Å². The van der Waals surface area contributed by atoms with E-state index >= 15 is 0 Å². The lowest BCUT2D eigenvalue weighted by atomic mass is 9.99. The third kappa shape index (κ3) is 6.08. The molecule has 1 aliphatic heterocycles. The highest BCUT2D eigenvalue weighted by Crippen LogP contribution is 2.36. The average molecular weight is 520 g/mol. The van der Waals surface area contributed by atoms with Crippen LogP contribution in [0.3, 0.4) is 0 Å². The Balaban J connectivity index is 1.67. The van der Waals surface area contributed by atoms with E-state index < -0.39 is 0 Å². The Hall–Kier alpha value is -2.90. The molecule has 0 aliphatic carbocycles. The van der Waals surface area contributed by atoms with Crippen molar-refractivity contribution in [1.29, 1.82) is 0 Å². The summed E-state index contributed by atoms with van der Waals surface area (Å²) in [5.74, 6) is 1.27. The first-order chi connectivity index (χ1) is 17.5. The first-order valence-electron chi connectivity index (χ1n) is 12.7. The maximum atomic E-state index is 13.4. The van der Waals surface area contributed by atoms with Crippen LogP contribution in [0, 0.1) is 5.92 Å². The van der Waals surface area contributed by atoms with Gasteiger partial charge >= 0.3 is 0 Å². The van der Waals surface area contributed by atoms with Gasteiger partial charge in [-0.15, -0.1) is 0 Å². The fourth-order valence-electron chi connectivity index (χ4n) is 4.28. The zero-order valence-corrected chi connectivity index (χ0v) is 22.8. The minimum atomic E-state index is -0.00921. The third-order valence-corrected chi connectivity index (χ3v) is 7.72. The molecule has 1 unspecified atom stereocenters. The zero-order valence-electron chi connectivity index (χ0n) is 21.1. The molecule has 1 atom stereocenters. The first kappa shape index (κ1) is 26.2. The molecule has 1 fully saturated rings. The molecule has 0 radical (unpaired) electrons. The molecule has 1 aromatic heterocycles. The lowest BCUT2D eigenvalue weighted by molar-refractivity contribution is -0.122. The number of hydrogen-bond donors (Lipinski definition) is 0. The van der Waals surface area contributed by atoms with Crippen LogP contribution in [0.15, 0.2) is 65.7 Å². The Morgan fingerprint density at radius 1 is 1.08 bits per heavy atom. The van der Waals surface area contributed by atoms with Gasteiger partial charge in [0.25, 0.3) is 5.91 Å². The van der Waals surface area contributed by atoms with E-state index in [1.165, 1.54) is 18.2 Å². The molecule has 0 bridgehead atoms. The number of thioether (sulfide) groups is 1. The Labute approximate surface area is 223 Å². The molecule has 2 heterocycles. The Morgan fingerprint density at radius 3 is 2.50 bits per heavy atom. The number of ether oxygens (including phenoxy) is 1. The molecule has 0 spiro atoms. The van der Waals surface area contributed by atoms with Gasteiger partial charge in [-0.1, -0.05) is 75.3 Å². The highest BCUT2D eigenvalue weighted by molar-refractivity contribution is 8.26. The summed E-state index contributed by atoms with van der Waals surface area (Å²) < 4.78 is 8.10. The number of thiocarbonyl (C=S) groups is 1. The van der Waals surface area contributed by atoms with Crippen LogP contribution in [0.1, 0.15) is 52.0 Å². The largest absolute Gasteiger partial charge is 0.494 e. The van der Waals surface area contributed by atoms with Gasteiger partial charge in [0.15, 0.2) is 0 Å². The number of benzene rings is 2. The lowest BCUT2D eigenvalue weighted by Gasteiger charge is -2.21. The topological polar surface area (TPSA) is 47.4 Å². The van der Waals surface area contributed by atoms with Crippen LogP contribution in [0.2, 0.25) is 0 Å². The molecular weight excluding hydrogens is 486 g/mol. The molecule has 1 amide bonds. The molecule has 0 N–H and O–H groups in total. The summed E-state index contributed by atoms with van der Waals surface area (Å²) in [5.41, 5.74) is 3.60. The van der Waals surface area contributed by atoms with E-state index in [0.717, 1.165) is 47.5 Å². The summed E-state index contributed by atoms with van der Waals surface area (Å²) in [5, 5.41) is 4.89.